The second-order valence-electron chi connectivity index (χ2n) is 8.44. The summed E-state index contributed by atoms with van der Waals surface area (Å²) in [5.74, 6) is 0.0155. The molecule has 1 fully saturated rings. The monoisotopic (exact) mass is 518 g/mol. The van der Waals surface area contributed by atoms with Gasteiger partial charge in [-0.15, -0.1) is 0 Å². The van der Waals surface area contributed by atoms with Crippen molar-refractivity contribution in [3.05, 3.63) is 101 Å². The lowest BCUT2D eigenvalue weighted by molar-refractivity contribution is -0.132. The second kappa shape index (κ2) is 9.85. The Labute approximate surface area is 206 Å². The molecule has 0 spiro atoms. The van der Waals surface area contributed by atoms with E-state index in [0.29, 0.717) is 30.6 Å². The van der Waals surface area contributed by atoms with Gasteiger partial charge in [-0.1, -0.05) is 54.6 Å². The zero-order chi connectivity index (χ0) is 23.5. The summed E-state index contributed by atoms with van der Waals surface area (Å²) >= 11 is 3.42. The van der Waals surface area contributed by atoms with E-state index in [1.165, 1.54) is 6.26 Å². The number of ketones is 1. The van der Waals surface area contributed by atoms with Gasteiger partial charge in [-0.05, 0) is 64.2 Å². The molecule has 3 atom stereocenters. The molecule has 5 rings (SSSR count). The van der Waals surface area contributed by atoms with Crippen LogP contribution in [0.3, 0.4) is 0 Å². The molecule has 0 aromatic heterocycles. The molecular weight excluding hydrogens is 496 g/mol. The maximum Gasteiger partial charge on any atom is 0.338 e. The predicted octanol–water partition coefficient (Wildman–Crippen LogP) is 6.33. The lowest BCUT2D eigenvalue weighted by Gasteiger charge is -2.36. The molecule has 0 amide bonds. The highest BCUT2D eigenvalue weighted by atomic mass is 79.9. The van der Waals surface area contributed by atoms with Crippen molar-refractivity contribution in [2.24, 2.45) is 5.92 Å². The number of para-hydroxylation sites is 1. The number of esters is 1. The van der Waals surface area contributed by atoms with Crippen LogP contribution in [0.1, 0.15) is 29.6 Å². The average molecular weight is 519 g/mol. The number of carbonyl (C=O) groups excluding carboxylic acids is 2. The number of allylic oxidation sites excluding steroid dienone is 1. The smallest absolute Gasteiger partial charge is 0.338 e. The van der Waals surface area contributed by atoms with Gasteiger partial charge in [0.15, 0.2) is 0 Å². The standard InChI is InChI=1S/C28H23BrO5/c29-23-8-4-5-9-24(23)34-26-17-32-25-16-21(14-15-22(25)27(26)30)33-28(31)20-12-10-19(11-13-20)18-6-2-1-3-7-18/h1-13,17,21-22,25H,14-16H2. The first-order chi connectivity index (χ1) is 16.6. The fraction of sp³-hybridized carbons (Fsp3) is 0.214. The Morgan fingerprint density at radius 3 is 2.35 bits per heavy atom. The molecule has 34 heavy (non-hydrogen) atoms. The lowest BCUT2D eigenvalue weighted by Crippen LogP contribution is -2.43. The van der Waals surface area contributed by atoms with Gasteiger partial charge in [0.25, 0.3) is 0 Å². The van der Waals surface area contributed by atoms with Gasteiger partial charge in [0.1, 0.15) is 24.2 Å². The van der Waals surface area contributed by atoms with Crippen molar-refractivity contribution in [3.63, 3.8) is 0 Å². The summed E-state index contributed by atoms with van der Waals surface area (Å²) in [6.07, 6.45) is 2.41. The van der Waals surface area contributed by atoms with E-state index in [9.17, 15) is 9.59 Å². The topological polar surface area (TPSA) is 61.8 Å². The van der Waals surface area contributed by atoms with E-state index in [4.69, 9.17) is 14.2 Å². The molecule has 1 saturated carbocycles. The number of hydrogen-bond acceptors (Lipinski definition) is 5. The van der Waals surface area contributed by atoms with Gasteiger partial charge in [0.2, 0.25) is 11.5 Å². The molecular formula is C28H23BrO5. The third-order valence-electron chi connectivity index (χ3n) is 6.23. The number of hydrogen-bond donors (Lipinski definition) is 0. The number of benzene rings is 3. The lowest BCUT2D eigenvalue weighted by atomic mass is 9.80. The molecule has 1 aliphatic carbocycles. The van der Waals surface area contributed by atoms with Crippen molar-refractivity contribution in [3.8, 4) is 16.9 Å². The molecule has 0 N–H and O–H groups in total. The Balaban J connectivity index is 1.20. The van der Waals surface area contributed by atoms with Gasteiger partial charge in [-0.2, -0.15) is 0 Å². The molecule has 1 aliphatic heterocycles. The summed E-state index contributed by atoms with van der Waals surface area (Å²) in [6.45, 7) is 0. The third-order valence-corrected chi connectivity index (χ3v) is 6.89. The van der Waals surface area contributed by atoms with Crippen LogP contribution >= 0.6 is 15.9 Å². The van der Waals surface area contributed by atoms with E-state index in [2.05, 4.69) is 15.9 Å². The van der Waals surface area contributed by atoms with Gasteiger partial charge < -0.3 is 14.2 Å². The Kier molecular flexibility index (Phi) is 6.50. The summed E-state index contributed by atoms with van der Waals surface area (Å²) in [4.78, 5) is 25.7. The van der Waals surface area contributed by atoms with Gasteiger partial charge in [0, 0.05) is 6.42 Å². The number of ether oxygens (including phenoxy) is 3. The minimum absolute atomic E-state index is 0.0757. The van der Waals surface area contributed by atoms with E-state index >= 15 is 0 Å². The van der Waals surface area contributed by atoms with Crippen molar-refractivity contribution in [1.29, 1.82) is 0 Å². The first kappa shape index (κ1) is 22.4. The second-order valence-corrected chi connectivity index (χ2v) is 9.30. The van der Waals surface area contributed by atoms with Gasteiger partial charge in [-0.25, -0.2) is 4.79 Å². The number of halogens is 1. The van der Waals surface area contributed by atoms with Gasteiger partial charge in [0.05, 0.1) is 16.0 Å². The van der Waals surface area contributed by atoms with Crippen molar-refractivity contribution >= 4 is 27.7 Å². The Morgan fingerprint density at radius 2 is 1.59 bits per heavy atom. The highest BCUT2D eigenvalue weighted by Gasteiger charge is 2.42. The van der Waals surface area contributed by atoms with Crippen LogP contribution in [-0.2, 0) is 14.3 Å². The molecule has 5 nitrogen and oxygen atoms in total. The average Bonchev–Trinajstić information content (AvgIpc) is 2.87. The van der Waals surface area contributed by atoms with Gasteiger partial charge >= 0.3 is 5.97 Å². The van der Waals surface area contributed by atoms with Crippen LogP contribution < -0.4 is 4.74 Å². The summed E-state index contributed by atoms with van der Waals surface area (Å²) in [5.41, 5.74) is 2.64. The molecule has 172 valence electrons. The van der Waals surface area contributed by atoms with Gasteiger partial charge in [-0.3, -0.25) is 4.79 Å². The summed E-state index contributed by atoms with van der Waals surface area (Å²) in [7, 11) is 0. The Morgan fingerprint density at radius 1 is 0.882 bits per heavy atom. The fourth-order valence-corrected chi connectivity index (χ4v) is 4.77. The quantitative estimate of drug-likeness (QED) is 0.369. The van der Waals surface area contributed by atoms with Crippen molar-refractivity contribution in [2.75, 3.05) is 0 Å². The van der Waals surface area contributed by atoms with Crippen molar-refractivity contribution in [2.45, 2.75) is 31.5 Å². The largest absolute Gasteiger partial charge is 0.493 e. The molecule has 0 saturated heterocycles. The van der Waals surface area contributed by atoms with Crippen LogP contribution in [0, 0.1) is 5.92 Å². The molecule has 1 heterocycles. The van der Waals surface area contributed by atoms with E-state index in [1.807, 2.05) is 60.7 Å². The molecule has 3 aromatic carbocycles. The first-order valence-electron chi connectivity index (χ1n) is 11.3. The number of fused-ring (bicyclic) bond motifs is 1. The maximum atomic E-state index is 13.0. The van der Waals surface area contributed by atoms with Crippen LogP contribution in [-0.4, -0.2) is 24.0 Å². The summed E-state index contributed by atoms with van der Waals surface area (Å²) in [6, 6.07) is 24.7. The SMILES string of the molecule is O=C(OC1CCC2C(=O)C(Oc3ccccc3Br)=COC2C1)c1ccc(-c2ccccc2)cc1. The molecule has 2 aliphatic rings. The summed E-state index contributed by atoms with van der Waals surface area (Å²) in [5, 5.41) is 0. The van der Waals surface area contributed by atoms with E-state index in [-0.39, 0.29) is 35.6 Å². The first-order valence-corrected chi connectivity index (χ1v) is 12.1. The van der Waals surface area contributed by atoms with Crippen LogP contribution in [0.2, 0.25) is 0 Å². The Bertz CT molecular complexity index is 1220. The molecule has 3 unspecified atom stereocenters. The Hall–Kier alpha value is -3.38. The number of rotatable bonds is 5. The van der Waals surface area contributed by atoms with E-state index < -0.39 is 0 Å². The normalized spacial score (nSPS) is 21.6. The molecule has 3 aromatic rings. The minimum atomic E-state index is -0.362. The van der Waals surface area contributed by atoms with Crippen LogP contribution in [0.25, 0.3) is 11.1 Å². The van der Waals surface area contributed by atoms with Crippen molar-refractivity contribution < 1.29 is 23.8 Å². The molecule has 6 heteroatoms. The minimum Gasteiger partial charge on any atom is -0.493 e. The van der Waals surface area contributed by atoms with Crippen LogP contribution in [0.15, 0.2) is 95.4 Å². The van der Waals surface area contributed by atoms with Crippen molar-refractivity contribution in [1.82, 2.24) is 0 Å². The molecule has 0 bridgehead atoms. The number of carbonyl (C=O) groups is 2. The predicted molar refractivity (Wildman–Crippen MR) is 131 cm³/mol. The fourth-order valence-electron chi connectivity index (χ4n) is 4.41. The van der Waals surface area contributed by atoms with E-state index in [0.717, 1.165) is 15.6 Å². The van der Waals surface area contributed by atoms with Crippen LogP contribution in [0.5, 0.6) is 5.75 Å². The zero-order valence-electron chi connectivity index (χ0n) is 18.4. The third kappa shape index (κ3) is 4.77. The zero-order valence-corrected chi connectivity index (χ0v) is 19.9. The molecule has 0 radical (unpaired) electrons. The number of Topliss-reactive ketones (excluding diaryl/α,β-unsaturated/α-hetero) is 1. The van der Waals surface area contributed by atoms with E-state index in [1.54, 1.807) is 18.2 Å². The summed E-state index contributed by atoms with van der Waals surface area (Å²) < 4.78 is 18.2. The highest BCUT2D eigenvalue weighted by Crippen LogP contribution is 2.36. The highest BCUT2D eigenvalue weighted by molar-refractivity contribution is 9.10. The van der Waals surface area contributed by atoms with Crippen LogP contribution in [0.4, 0.5) is 0 Å². The maximum absolute atomic E-state index is 13.0.